The molecule has 0 heterocycles. The van der Waals surface area contributed by atoms with E-state index in [1.54, 1.807) is 18.2 Å². The standard InChI is InChI=1S/C10H8BrN3O2/c11-8-1-2-9(15)7(5-8)6-13-14-10(16)3-4-12/h1-2,5-6,15H,3H2,(H,14,16)/b13-6+. The van der Waals surface area contributed by atoms with Crippen LogP contribution in [0.5, 0.6) is 5.75 Å². The van der Waals surface area contributed by atoms with Gasteiger partial charge in [0.25, 0.3) is 5.91 Å². The minimum absolute atomic E-state index is 0.0569. The molecule has 16 heavy (non-hydrogen) atoms. The van der Waals surface area contributed by atoms with Crippen LogP contribution in [0.2, 0.25) is 0 Å². The average Bonchev–Trinajstić information content (AvgIpc) is 2.23. The summed E-state index contributed by atoms with van der Waals surface area (Å²) in [6.07, 6.45) is 1.05. The summed E-state index contributed by atoms with van der Waals surface area (Å²) in [6.45, 7) is 0. The summed E-state index contributed by atoms with van der Waals surface area (Å²) in [6, 6.07) is 6.53. The molecule has 0 aliphatic rings. The van der Waals surface area contributed by atoms with Gasteiger partial charge in [-0.1, -0.05) is 15.9 Å². The summed E-state index contributed by atoms with van der Waals surface area (Å²) in [5.74, 6) is -0.435. The van der Waals surface area contributed by atoms with Gasteiger partial charge >= 0.3 is 0 Å². The minimum Gasteiger partial charge on any atom is -0.507 e. The van der Waals surface area contributed by atoms with Gasteiger partial charge in [0, 0.05) is 10.0 Å². The second kappa shape index (κ2) is 5.88. The van der Waals surface area contributed by atoms with Gasteiger partial charge in [-0.3, -0.25) is 4.79 Å². The maximum Gasteiger partial charge on any atom is 0.254 e. The van der Waals surface area contributed by atoms with E-state index in [2.05, 4.69) is 26.5 Å². The van der Waals surface area contributed by atoms with Gasteiger partial charge in [-0.25, -0.2) is 5.43 Å². The normalized spacial score (nSPS) is 10.0. The highest BCUT2D eigenvalue weighted by molar-refractivity contribution is 9.10. The smallest absolute Gasteiger partial charge is 0.254 e. The van der Waals surface area contributed by atoms with Gasteiger partial charge in [-0.2, -0.15) is 10.4 Å². The number of hydrogen-bond acceptors (Lipinski definition) is 4. The molecule has 0 saturated heterocycles. The lowest BCUT2D eigenvalue weighted by molar-refractivity contribution is -0.120. The van der Waals surface area contributed by atoms with E-state index in [0.29, 0.717) is 5.56 Å². The van der Waals surface area contributed by atoms with Crippen molar-refractivity contribution in [3.63, 3.8) is 0 Å². The molecule has 0 fully saturated rings. The van der Waals surface area contributed by atoms with Gasteiger partial charge < -0.3 is 5.11 Å². The molecule has 0 radical (unpaired) electrons. The Labute approximate surface area is 101 Å². The molecule has 0 unspecified atom stereocenters. The van der Waals surface area contributed by atoms with E-state index in [9.17, 15) is 9.90 Å². The zero-order chi connectivity index (χ0) is 12.0. The van der Waals surface area contributed by atoms with Gasteiger partial charge in [0.2, 0.25) is 0 Å². The Kier molecular flexibility index (Phi) is 4.48. The van der Waals surface area contributed by atoms with Gasteiger partial charge in [0.1, 0.15) is 12.2 Å². The zero-order valence-electron chi connectivity index (χ0n) is 8.14. The van der Waals surface area contributed by atoms with Crippen LogP contribution in [0, 0.1) is 11.3 Å². The Morgan fingerprint density at radius 1 is 1.69 bits per heavy atom. The van der Waals surface area contributed by atoms with Crippen LogP contribution in [-0.4, -0.2) is 17.2 Å². The second-order valence-electron chi connectivity index (χ2n) is 2.83. The van der Waals surface area contributed by atoms with Crippen molar-refractivity contribution in [3.05, 3.63) is 28.2 Å². The number of nitrogens with one attached hydrogen (secondary N) is 1. The van der Waals surface area contributed by atoms with Crippen LogP contribution in [-0.2, 0) is 4.79 Å². The van der Waals surface area contributed by atoms with E-state index in [4.69, 9.17) is 5.26 Å². The molecular formula is C10H8BrN3O2. The molecule has 82 valence electrons. The first-order valence-corrected chi connectivity index (χ1v) is 5.10. The molecule has 0 aliphatic heterocycles. The van der Waals surface area contributed by atoms with Crippen LogP contribution in [0.4, 0.5) is 0 Å². The first kappa shape index (κ1) is 12.2. The highest BCUT2D eigenvalue weighted by Gasteiger charge is 1.99. The molecule has 2 N–H and O–H groups in total. The molecule has 1 aromatic rings. The summed E-state index contributed by atoms with van der Waals surface area (Å²) in [5, 5.41) is 21.3. The number of carbonyl (C=O) groups is 1. The largest absolute Gasteiger partial charge is 0.507 e. The lowest BCUT2D eigenvalue weighted by Crippen LogP contribution is -2.16. The second-order valence-corrected chi connectivity index (χ2v) is 3.75. The van der Waals surface area contributed by atoms with Crippen LogP contribution in [0.3, 0.4) is 0 Å². The molecule has 1 rings (SSSR count). The first-order valence-electron chi connectivity index (χ1n) is 4.31. The third-order valence-electron chi connectivity index (χ3n) is 1.62. The number of rotatable bonds is 3. The van der Waals surface area contributed by atoms with Crippen LogP contribution in [0.1, 0.15) is 12.0 Å². The molecule has 0 aliphatic carbocycles. The molecular weight excluding hydrogens is 274 g/mol. The molecule has 0 aromatic heterocycles. The number of hydrazone groups is 1. The highest BCUT2D eigenvalue weighted by atomic mass is 79.9. The van der Waals surface area contributed by atoms with E-state index in [1.807, 2.05) is 0 Å². The van der Waals surface area contributed by atoms with Crippen molar-refractivity contribution in [2.45, 2.75) is 6.42 Å². The highest BCUT2D eigenvalue weighted by Crippen LogP contribution is 2.19. The van der Waals surface area contributed by atoms with E-state index >= 15 is 0 Å². The van der Waals surface area contributed by atoms with Crippen LogP contribution in [0.25, 0.3) is 0 Å². The third kappa shape index (κ3) is 3.71. The molecule has 1 amide bonds. The molecule has 0 saturated carbocycles. The monoisotopic (exact) mass is 281 g/mol. The number of carbonyl (C=O) groups excluding carboxylic acids is 1. The van der Waals surface area contributed by atoms with Crippen molar-refractivity contribution in [2.75, 3.05) is 0 Å². The Balaban J connectivity index is 2.66. The van der Waals surface area contributed by atoms with Gasteiger partial charge in [0.05, 0.1) is 12.3 Å². The maximum atomic E-state index is 10.9. The molecule has 6 heteroatoms. The Morgan fingerprint density at radius 3 is 3.12 bits per heavy atom. The molecule has 0 spiro atoms. The van der Waals surface area contributed by atoms with Crippen molar-refractivity contribution in [3.8, 4) is 11.8 Å². The number of benzene rings is 1. The summed E-state index contributed by atoms with van der Waals surface area (Å²) >= 11 is 3.24. The number of nitriles is 1. The van der Waals surface area contributed by atoms with Gasteiger partial charge in [-0.15, -0.1) is 0 Å². The Hall–Kier alpha value is -1.87. The van der Waals surface area contributed by atoms with Crippen molar-refractivity contribution >= 4 is 28.1 Å². The van der Waals surface area contributed by atoms with Crippen molar-refractivity contribution in [1.82, 2.24) is 5.43 Å². The topological polar surface area (TPSA) is 85.5 Å². The number of amides is 1. The lowest BCUT2D eigenvalue weighted by atomic mass is 10.2. The number of halogens is 1. The van der Waals surface area contributed by atoms with Crippen LogP contribution in [0.15, 0.2) is 27.8 Å². The first-order chi connectivity index (χ1) is 7.63. The maximum absolute atomic E-state index is 10.9. The Bertz CT molecular complexity index is 466. The van der Waals surface area contributed by atoms with Gasteiger partial charge in [0.15, 0.2) is 0 Å². The summed E-state index contributed by atoms with van der Waals surface area (Å²) in [7, 11) is 0. The van der Waals surface area contributed by atoms with E-state index in [1.165, 1.54) is 12.3 Å². The SMILES string of the molecule is N#CCC(=O)N/N=C/c1cc(Br)ccc1O. The predicted octanol–water partition coefficient (Wildman–Crippen LogP) is 1.52. The van der Waals surface area contributed by atoms with E-state index < -0.39 is 5.91 Å². The van der Waals surface area contributed by atoms with Crippen molar-refractivity contribution < 1.29 is 9.90 Å². The quantitative estimate of drug-likeness (QED) is 0.651. The summed E-state index contributed by atoms with van der Waals surface area (Å²) in [5.41, 5.74) is 2.62. The van der Waals surface area contributed by atoms with Crippen molar-refractivity contribution in [2.24, 2.45) is 5.10 Å². The summed E-state index contributed by atoms with van der Waals surface area (Å²) < 4.78 is 0.787. The number of hydrogen-bond donors (Lipinski definition) is 2. The average molecular weight is 282 g/mol. The third-order valence-corrected chi connectivity index (χ3v) is 2.12. The minimum atomic E-state index is -0.492. The number of nitrogens with zero attached hydrogens (tertiary/aromatic N) is 2. The number of aromatic hydroxyl groups is 1. The zero-order valence-corrected chi connectivity index (χ0v) is 9.73. The molecule has 0 atom stereocenters. The lowest BCUT2D eigenvalue weighted by Gasteiger charge is -1.99. The van der Waals surface area contributed by atoms with Crippen molar-refractivity contribution in [1.29, 1.82) is 5.26 Å². The predicted molar refractivity (Wildman–Crippen MR) is 61.8 cm³/mol. The summed E-state index contributed by atoms with van der Waals surface area (Å²) in [4.78, 5) is 10.9. The Morgan fingerprint density at radius 2 is 2.44 bits per heavy atom. The van der Waals surface area contributed by atoms with Crippen LogP contribution >= 0.6 is 15.9 Å². The van der Waals surface area contributed by atoms with E-state index in [-0.39, 0.29) is 12.2 Å². The van der Waals surface area contributed by atoms with Gasteiger partial charge in [-0.05, 0) is 18.2 Å². The fourth-order valence-electron chi connectivity index (χ4n) is 0.914. The molecule has 5 nitrogen and oxygen atoms in total. The number of phenols is 1. The fourth-order valence-corrected chi connectivity index (χ4v) is 1.29. The van der Waals surface area contributed by atoms with Crippen LogP contribution < -0.4 is 5.43 Å². The number of phenolic OH excluding ortho intramolecular Hbond substituents is 1. The fraction of sp³-hybridized carbons (Fsp3) is 0.100. The molecule has 0 bridgehead atoms. The van der Waals surface area contributed by atoms with E-state index in [0.717, 1.165) is 4.47 Å². The molecule has 1 aromatic carbocycles.